The van der Waals surface area contributed by atoms with Gasteiger partial charge >= 0.3 is 79.1 Å². The second-order valence-corrected chi connectivity index (χ2v) is 13.7. The first-order valence-electron chi connectivity index (χ1n) is 2.92. The van der Waals surface area contributed by atoms with Crippen molar-refractivity contribution in [3.63, 3.8) is 0 Å². The van der Waals surface area contributed by atoms with Crippen molar-refractivity contribution in [2.24, 2.45) is 0 Å². The van der Waals surface area contributed by atoms with Gasteiger partial charge in [0.05, 0.1) is 0 Å². The maximum absolute atomic E-state index is 10.4. The summed E-state index contributed by atoms with van der Waals surface area (Å²) in [6.07, 6.45) is 0. The molecular weight excluding hydrogens is 283 g/mol. The van der Waals surface area contributed by atoms with Crippen molar-refractivity contribution in [2.45, 2.75) is 0 Å². The van der Waals surface area contributed by atoms with Gasteiger partial charge in [0.1, 0.15) is 0 Å². The summed E-state index contributed by atoms with van der Waals surface area (Å²) in [6.45, 7) is 6.36. The average molecular weight is 295 g/mol. The molecule has 0 saturated carbocycles. The van der Waals surface area contributed by atoms with E-state index in [4.69, 9.17) is 5.26 Å². The Morgan fingerprint density at radius 2 is 0.929 bits per heavy atom. The van der Waals surface area contributed by atoms with E-state index >= 15 is 0 Å². The predicted molar refractivity (Wildman–Crippen MR) is 42.9 cm³/mol. The van der Waals surface area contributed by atoms with Gasteiger partial charge in [0.25, 0.3) is 0 Å². The molecule has 0 fully saturated rings. The molecule has 0 atom stereocenters. The SMILES string of the molecule is CP(C)(C)(C)C#N.[F][Cu]([F])([F])([F])([F])[F]. The van der Waals surface area contributed by atoms with Crippen LogP contribution in [0.3, 0.4) is 0 Å². The van der Waals surface area contributed by atoms with Crippen LogP contribution in [0.4, 0.5) is 21.3 Å². The third kappa shape index (κ3) is 90.3. The van der Waals surface area contributed by atoms with Gasteiger partial charge in [0, 0.05) is 0 Å². The van der Waals surface area contributed by atoms with Gasteiger partial charge in [0.2, 0.25) is 0 Å². The van der Waals surface area contributed by atoms with E-state index < -0.39 is 20.1 Å². The van der Waals surface area contributed by atoms with E-state index in [-0.39, 0.29) is 0 Å². The Morgan fingerprint density at radius 3 is 0.929 bits per heavy atom. The molecule has 0 aromatic heterocycles. The molecule has 0 aliphatic carbocycles. The van der Waals surface area contributed by atoms with E-state index in [2.05, 4.69) is 5.81 Å². The number of hydrogen-bond donors (Lipinski definition) is 0. The zero-order chi connectivity index (χ0) is 12.6. The Labute approximate surface area is 79.7 Å². The van der Waals surface area contributed by atoms with Gasteiger partial charge in [-0.25, -0.2) is 0 Å². The van der Waals surface area contributed by atoms with Gasteiger partial charge in [-0.05, 0) is 0 Å². The number of nitrogens with zero attached hydrogens (tertiary/aromatic N) is 1. The Hall–Kier alpha value is 0.0195. The summed E-state index contributed by atoms with van der Waals surface area (Å²) in [7, 11) is 0. The van der Waals surface area contributed by atoms with Gasteiger partial charge < -0.3 is 0 Å². The minimum absolute atomic E-state index is 1.77. The van der Waals surface area contributed by atoms with Crippen LogP contribution in [0.5, 0.6) is 0 Å². The van der Waals surface area contributed by atoms with Gasteiger partial charge in [-0.1, -0.05) is 0 Å². The fourth-order valence-corrected chi connectivity index (χ4v) is 0. The molecule has 0 spiro atoms. The fraction of sp³-hybridized carbons (Fsp3) is 0.800. The maximum atomic E-state index is 9.84. The first-order chi connectivity index (χ1) is 5.26. The van der Waals surface area contributed by atoms with E-state index in [1.165, 1.54) is 0 Å². The summed E-state index contributed by atoms with van der Waals surface area (Å²) in [5, 5.41) is 8.47. The summed E-state index contributed by atoms with van der Waals surface area (Å²) in [6, 6.07) is 0. The van der Waals surface area contributed by atoms with Crippen molar-refractivity contribution >= 4 is 6.60 Å². The fourth-order valence-electron chi connectivity index (χ4n) is 0. The quantitative estimate of drug-likeness (QED) is 0.375. The number of rotatable bonds is 0. The molecule has 14 heavy (non-hydrogen) atoms. The summed E-state index contributed by atoms with van der Waals surface area (Å²) in [5.74, 6) is 2.31. The standard InChI is InChI=1S/C5H12NP.Cu.6FH/c1-7(2,3,4)5-6;;;;;;;/h1-4H3;;6*1H/q;+6;;;;;;/p-6. The molecule has 0 N–H and O–H groups in total. The molecule has 0 aromatic carbocycles. The van der Waals surface area contributed by atoms with Crippen LogP contribution in [-0.4, -0.2) is 26.7 Å². The third-order valence-electron chi connectivity index (χ3n) is 0.400. The van der Waals surface area contributed by atoms with E-state index in [1.807, 2.05) is 26.7 Å². The van der Waals surface area contributed by atoms with E-state index in [0.717, 1.165) is 0 Å². The van der Waals surface area contributed by atoms with Crippen molar-refractivity contribution in [1.29, 1.82) is 5.26 Å². The van der Waals surface area contributed by atoms with Crippen molar-refractivity contribution in [3.05, 3.63) is 0 Å². The molecule has 95 valence electrons. The van der Waals surface area contributed by atoms with Crippen molar-refractivity contribution in [3.8, 4) is 5.81 Å². The molecule has 1 nitrogen and oxygen atoms in total. The second kappa shape index (κ2) is 2.78. The van der Waals surface area contributed by atoms with E-state index in [0.29, 0.717) is 0 Å². The molecule has 0 heterocycles. The van der Waals surface area contributed by atoms with Gasteiger partial charge in [-0.3, -0.25) is 0 Å². The molecule has 0 saturated heterocycles. The molecular formula is C5H12CuF6NP. The zero-order valence-corrected chi connectivity index (χ0v) is 9.80. The Balaban J connectivity index is 0. The van der Waals surface area contributed by atoms with E-state index in [9.17, 15) is 21.3 Å². The third-order valence-corrected chi connectivity index (χ3v) is 1.20. The summed E-state index contributed by atoms with van der Waals surface area (Å²) in [5.41, 5.74) is 0. The Kier molecular flexibility index (Phi) is 3.26. The minimum atomic E-state index is -10.4. The summed E-state index contributed by atoms with van der Waals surface area (Å²) >= 11 is -10.4. The Morgan fingerprint density at radius 1 is 0.857 bits per heavy atom. The van der Waals surface area contributed by atoms with Crippen LogP contribution in [0, 0.1) is 11.1 Å². The molecule has 0 unspecified atom stereocenters. The number of halogens is 6. The van der Waals surface area contributed by atoms with Crippen molar-refractivity contribution < 1.29 is 34.8 Å². The summed E-state index contributed by atoms with van der Waals surface area (Å²) < 4.78 is 59.1. The van der Waals surface area contributed by atoms with Gasteiger partial charge in [-0.15, -0.1) is 0 Å². The van der Waals surface area contributed by atoms with Crippen LogP contribution >= 0.6 is 6.60 Å². The van der Waals surface area contributed by atoms with E-state index in [1.54, 1.807) is 0 Å². The molecule has 0 aromatic rings. The average Bonchev–Trinajstić information content (AvgIpc) is 1.51. The molecule has 0 aliphatic heterocycles. The van der Waals surface area contributed by atoms with Crippen LogP contribution in [0.25, 0.3) is 0 Å². The van der Waals surface area contributed by atoms with Crippen molar-refractivity contribution in [2.75, 3.05) is 26.7 Å². The van der Waals surface area contributed by atoms with Crippen LogP contribution in [0.2, 0.25) is 0 Å². The monoisotopic (exact) mass is 294 g/mol. The second-order valence-electron chi connectivity index (χ2n) is 4.32. The van der Waals surface area contributed by atoms with Gasteiger partial charge in [-0.2, -0.15) is 0 Å². The topological polar surface area (TPSA) is 23.8 Å². The number of hydrogen-bond acceptors (Lipinski definition) is 1. The first kappa shape index (κ1) is 16.4. The zero-order valence-electron chi connectivity index (χ0n) is 7.96. The molecule has 0 radical (unpaired) electrons. The van der Waals surface area contributed by atoms with Crippen LogP contribution in [0.1, 0.15) is 0 Å². The Bertz CT molecular complexity index is 242. The molecule has 0 amide bonds. The molecule has 9 heteroatoms. The summed E-state index contributed by atoms with van der Waals surface area (Å²) in [4.78, 5) is 0. The predicted octanol–water partition coefficient (Wildman–Crippen LogP) is 4.06. The van der Waals surface area contributed by atoms with Gasteiger partial charge in [0.15, 0.2) is 0 Å². The van der Waals surface area contributed by atoms with Crippen LogP contribution in [0.15, 0.2) is 0 Å². The molecule has 0 aliphatic rings. The molecule has 0 rings (SSSR count). The molecule has 0 bridgehead atoms. The number of nitriles is 1. The normalized spacial score (nSPS) is 19.9. The van der Waals surface area contributed by atoms with Crippen molar-refractivity contribution in [1.82, 2.24) is 0 Å². The first-order valence-corrected chi connectivity index (χ1v) is 9.08. The van der Waals surface area contributed by atoms with Crippen LogP contribution < -0.4 is 0 Å². The van der Waals surface area contributed by atoms with Crippen LogP contribution in [-0.2, 0) is 13.5 Å².